The van der Waals surface area contributed by atoms with E-state index in [0.717, 1.165) is 18.4 Å². The summed E-state index contributed by atoms with van der Waals surface area (Å²) >= 11 is 0. The van der Waals surface area contributed by atoms with Crippen LogP contribution in [0.15, 0.2) is 67.0 Å². The molecule has 4 rings (SSSR count). The Bertz CT molecular complexity index is 1030. The van der Waals surface area contributed by atoms with E-state index in [1.54, 1.807) is 42.7 Å². The van der Waals surface area contributed by atoms with Crippen LogP contribution in [-0.4, -0.2) is 16.8 Å². The van der Waals surface area contributed by atoms with Gasteiger partial charge in [-0.15, -0.1) is 0 Å². The van der Waals surface area contributed by atoms with Crippen molar-refractivity contribution < 1.29 is 14.3 Å². The van der Waals surface area contributed by atoms with Crippen LogP contribution < -0.4 is 15.4 Å². The van der Waals surface area contributed by atoms with E-state index in [9.17, 15) is 9.59 Å². The number of benzene rings is 2. The first-order valence-electron chi connectivity index (χ1n) is 9.49. The Kier molecular flexibility index (Phi) is 5.24. The van der Waals surface area contributed by atoms with Crippen LogP contribution in [0.5, 0.6) is 11.5 Å². The van der Waals surface area contributed by atoms with Gasteiger partial charge >= 0.3 is 0 Å². The number of hydrogen-bond acceptors (Lipinski definition) is 4. The molecule has 1 aromatic heterocycles. The molecule has 0 spiro atoms. The number of anilines is 2. The lowest BCUT2D eigenvalue weighted by Crippen LogP contribution is -2.14. The number of aromatic nitrogens is 1. The number of nitrogens with zero attached hydrogens (tertiary/aromatic N) is 1. The van der Waals surface area contributed by atoms with Gasteiger partial charge in [0.1, 0.15) is 11.5 Å². The second-order valence-corrected chi connectivity index (χ2v) is 7.07. The van der Waals surface area contributed by atoms with Gasteiger partial charge in [-0.05, 0) is 79.9 Å². The molecule has 3 aromatic rings. The fourth-order valence-corrected chi connectivity index (χ4v) is 2.87. The number of nitrogens with one attached hydrogen (secondary N) is 2. The van der Waals surface area contributed by atoms with Gasteiger partial charge in [0.25, 0.3) is 5.91 Å². The van der Waals surface area contributed by atoms with Gasteiger partial charge in [0.15, 0.2) is 0 Å². The second kappa shape index (κ2) is 8.14. The van der Waals surface area contributed by atoms with Crippen molar-refractivity contribution in [1.82, 2.24) is 4.98 Å². The van der Waals surface area contributed by atoms with E-state index in [2.05, 4.69) is 15.6 Å². The molecule has 146 valence electrons. The van der Waals surface area contributed by atoms with Gasteiger partial charge in [0.2, 0.25) is 5.91 Å². The van der Waals surface area contributed by atoms with Crippen molar-refractivity contribution >= 4 is 23.2 Å². The minimum absolute atomic E-state index is 0.0475. The smallest absolute Gasteiger partial charge is 0.255 e. The summed E-state index contributed by atoms with van der Waals surface area (Å²) in [6.07, 6.45) is 5.24. The first-order chi connectivity index (χ1) is 14.1. The van der Waals surface area contributed by atoms with Crippen LogP contribution in [0, 0.1) is 12.8 Å². The number of carbonyl (C=O) groups is 2. The number of carbonyl (C=O) groups excluding carboxylic acids is 2. The van der Waals surface area contributed by atoms with Crippen molar-refractivity contribution in [2.45, 2.75) is 19.8 Å². The Morgan fingerprint density at radius 2 is 1.76 bits per heavy atom. The molecule has 1 aliphatic rings. The van der Waals surface area contributed by atoms with Crippen molar-refractivity contribution in [3.63, 3.8) is 0 Å². The number of rotatable bonds is 6. The molecule has 0 saturated heterocycles. The Balaban J connectivity index is 1.38. The highest BCUT2D eigenvalue weighted by molar-refractivity contribution is 6.04. The Morgan fingerprint density at radius 3 is 2.41 bits per heavy atom. The molecule has 0 radical (unpaired) electrons. The third-order valence-corrected chi connectivity index (χ3v) is 4.66. The Labute approximate surface area is 168 Å². The van der Waals surface area contributed by atoms with E-state index in [4.69, 9.17) is 4.74 Å². The van der Waals surface area contributed by atoms with E-state index in [-0.39, 0.29) is 17.7 Å². The van der Waals surface area contributed by atoms with E-state index in [1.165, 1.54) is 0 Å². The highest BCUT2D eigenvalue weighted by atomic mass is 16.5. The van der Waals surface area contributed by atoms with Crippen LogP contribution in [0.3, 0.4) is 0 Å². The predicted octanol–water partition coefficient (Wildman–Crippen LogP) is 4.78. The molecule has 1 aliphatic carbocycles. The molecule has 1 heterocycles. The summed E-state index contributed by atoms with van der Waals surface area (Å²) in [5.41, 5.74) is 2.79. The van der Waals surface area contributed by atoms with E-state index < -0.39 is 0 Å². The summed E-state index contributed by atoms with van der Waals surface area (Å²) < 4.78 is 5.81. The van der Waals surface area contributed by atoms with E-state index >= 15 is 0 Å². The van der Waals surface area contributed by atoms with Gasteiger partial charge in [-0.25, -0.2) is 0 Å². The van der Waals surface area contributed by atoms with Gasteiger partial charge in [-0.3, -0.25) is 14.6 Å². The largest absolute Gasteiger partial charge is 0.455 e. The first kappa shape index (κ1) is 18.7. The lowest BCUT2D eigenvalue weighted by atomic mass is 10.1. The van der Waals surface area contributed by atoms with Gasteiger partial charge in [-0.1, -0.05) is 0 Å². The van der Waals surface area contributed by atoms with Crippen LogP contribution in [0.2, 0.25) is 0 Å². The van der Waals surface area contributed by atoms with Crippen molar-refractivity contribution in [1.29, 1.82) is 0 Å². The molecular formula is C23H21N3O3. The summed E-state index contributed by atoms with van der Waals surface area (Å²) in [5, 5.41) is 5.75. The van der Waals surface area contributed by atoms with Crippen molar-refractivity contribution in [3.05, 3.63) is 78.1 Å². The number of pyridine rings is 1. The fraction of sp³-hybridized carbons (Fsp3) is 0.174. The van der Waals surface area contributed by atoms with Gasteiger partial charge < -0.3 is 15.4 Å². The average molecular weight is 387 g/mol. The van der Waals surface area contributed by atoms with Crippen LogP contribution in [0.25, 0.3) is 0 Å². The topological polar surface area (TPSA) is 80.3 Å². The normalized spacial score (nSPS) is 12.9. The van der Waals surface area contributed by atoms with Gasteiger partial charge in [-0.2, -0.15) is 0 Å². The molecule has 6 nitrogen and oxygen atoms in total. The third-order valence-electron chi connectivity index (χ3n) is 4.66. The monoisotopic (exact) mass is 387 g/mol. The molecule has 0 aliphatic heterocycles. The van der Waals surface area contributed by atoms with Crippen molar-refractivity contribution in [2.24, 2.45) is 5.92 Å². The predicted molar refractivity (Wildman–Crippen MR) is 111 cm³/mol. The zero-order chi connectivity index (χ0) is 20.2. The lowest BCUT2D eigenvalue weighted by Gasteiger charge is -2.11. The van der Waals surface area contributed by atoms with E-state index in [0.29, 0.717) is 28.4 Å². The van der Waals surface area contributed by atoms with E-state index in [1.807, 2.05) is 31.2 Å². The van der Waals surface area contributed by atoms with Crippen LogP contribution >= 0.6 is 0 Å². The summed E-state index contributed by atoms with van der Waals surface area (Å²) in [7, 11) is 0. The zero-order valence-electron chi connectivity index (χ0n) is 16.0. The maximum absolute atomic E-state index is 12.5. The van der Waals surface area contributed by atoms with Gasteiger partial charge in [0.05, 0.1) is 6.20 Å². The average Bonchev–Trinajstić information content (AvgIpc) is 3.57. The molecule has 29 heavy (non-hydrogen) atoms. The fourth-order valence-electron chi connectivity index (χ4n) is 2.87. The van der Waals surface area contributed by atoms with Gasteiger partial charge in [0, 0.05) is 29.1 Å². The zero-order valence-corrected chi connectivity index (χ0v) is 16.0. The standard InChI is InChI=1S/C23H21N3O3/c1-15-13-19(10-11-21(15)29-20-3-2-12-24-14-20)26-23(28)17-6-8-18(9-7-17)25-22(27)16-4-5-16/h2-3,6-14,16H,4-5H2,1H3,(H,25,27)(H,26,28). The van der Waals surface area contributed by atoms with Crippen LogP contribution in [0.4, 0.5) is 11.4 Å². The SMILES string of the molecule is Cc1cc(NC(=O)c2ccc(NC(=O)C3CC3)cc2)ccc1Oc1cccnc1. The Hall–Kier alpha value is -3.67. The molecule has 6 heteroatoms. The second-order valence-electron chi connectivity index (χ2n) is 7.07. The molecule has 0 unspecified atom stereocenters. The summed E-state index contributed by atoms with van der Waals surface area (Å²) in [4.78, 5) is 28.3. The van der Waals surface area contributed by atoms with Crippen LogP contribution in [-0.2, 0) is 4.79 Å². The molecule has 1 fully saturated rings. The van der Waals surface area contributed by atoms with Crippen molar-refractivity contribution in [2.75, 3.05) is 10.6 Å². The molecule has 0 bridgehead atoms. The molecule has 2 aromatic carbocycles. The molecule has 0 atom stereocenters. The van der Waals surface area contributed by atoms with Crippen molar-refractivity contribution in [3.8, 4) is 11.5 Å². The number of aryl methyl sites for hydroxylation is 1. The highest BCUT2D eigenvalue weighted by Gasteiger charge is 2.29. The molecule has 2 N–H and O–H groups in total. The first-order valence-corrected chi connectivity index (χ1v) is 9.49. The molecule has 1 saturated carbocycles. The maximum atomic E-state index is 12.5. The number of hydrogen-bond donors (Lipinski definition) is 2. The minimum Gasteiger partial charge on any atom is -0.455 e. The number of ether oxygens (including phenoxy) is 1. The minimum atomic E-state index is -0.217. The quantitative estimate of drug-likeness (QED) is 0.638. The molecular weight excluding hydrogens is 366 g/mol. The number of amides is 2. The third kappa shape index (κ3) is 4.79. The highest BCUT2D eigenvalue weighted by Crippen LogP contribution is 2.30. The summed E-state index contributed by atoms with van der Waals surface area (Å²) in [6, 6.07) is 16.0. The molecule has 2 amide bonds. The maximum Gasteiger partial charge on any atom is 0.255 e. The summed E-state index contributed by atoms with van der Waals surface area (Å²) in [6.45, 7) is 1.92. The van der Waals surface area contributed by atoms with Crippen LogP contribution in [0.1, 0.15) is 28.8 Å². The Morgan fingerprint density at radius 1 is 1.00 bits per heavy atom. The summed E-state index contributed by atoms with van der Waals surface area (Å²) in [5.74, 6) is 1.33. The lowest BCUT2D eigenvalue weighted by molar-refractivity contribution is -0.117.